The molecule has 0 radical (unpaired) electrons. The van der Waals surface area contributed by atoms with Crippen LogP contribution in [0.2, 0.25) is 5.02 Å². The fraction of sp³-hybridized carbons (Fsp3) is 0.286. The Bertz CT molecular complexity index is 540. The summed E-state index contributed by atoms with van der Waals surface area (Å²) in [4.78, 5) is 23.1. The minimum Gasteiger partial charge on any atom is -0.366 e. The fourth-order valence-electron chi connectivity index (χ4n) is 2.07. The fourth-order valence-corrected chi connectivity index (χ4v) is 2.34. The number of halogens is 1. The van der Waals surface area contributed by atoms with Gasteiger partial charge in [-0.25, -0.2) is 0 Å². The Morgan fingerprint density at radius 2 is 2.11 bits per heavy atom. The number of benzene rings is 1. The van der Waals surface area contributed by atoms with Crippen molar-refractivity contribution in [2.24, 2.45) is 11.7 Å². The highest BCUT2D eigenvalue weighted by atomic mass is 35.5. The SMILES string of the molecule is NC(=O)c1ccc(NC(=O)[C@H]2CC=CCC2)cc1Cl. The summed E-state index contributed by atoms with van der Waals surface area (Å²) >= 11 is 5.93. The van der Waals surface area contributed by atoms with Crippen LogP contribution in [-0.4, -0.2) is 11.8 Å². The van der Waals surface area contributed by atoms with Crippen molar-refractivity contribution >= 4 is 29.1 Å². The first-order valence-electron chi connectivity index (χ1n) is 6.13. The molecule has 4 nitrogen and oxygen atoms in total. The molecule has 1 aromatic carbocycles. The molecular weight excluding hydrogens is 264 g/mol. The second-order valence-corrected chi connectivity index (χ2v) is 4.94. The van der Waals surface area contributed by atoms with E-state index in [2.05, 4.69) is 11.4 Å². The van der Waals surface area contributed by atoms with Crippen LogP contribution in [0.5, 0.6) is 0 Å². The maximum Gasteiger partial charge on any atom is 0.250 e. The van der Waals surface area contributed by atoms with Crippen LogP contribution in [0.25, 0.3) is 0 Å². The van der Waals surface area contributed by atoms with E-state index in [-0.39, 0.29) is 22.4 Å². The Hall–Kier alpha value is -1.81. The average Bonchev–Trinajstić information content (AvgIpc) is 2.39. The van der Waals surface area contributed by atoms with E-state index in [4.69, 9.17) is 17.3 Å². The quantitative estimate of drug-likeness (QED) is 0.835. The van der Waals surface area contributed by atoms with Crippen LogP contribution in [0, 0.1) is 5.92 Å². The van der Waals surface area contributed by atoms with Gasteiger partial charge in [0.25, 0.3) is 0 Å². The monoisotopic (exact) mass is 278 g/mol. The van der Waals surface area contributed by atoms with Crippen LogP contribution in [0.15, 0.2) is 30.4 Å². The van der Waals surface area contributed by atoms with Gasteiger partial charge in [-0.2, -0.15) is 0 Å². The van der Waals surface area contributed by atoms with Gasteiger partial charge in [0.1, 0.15) is 0 Å². The number of amides is 2. The van der Waals surface area contributed by atoms with Gasteiger partial charge >= 0.3 is 0 Å². The zero-order chi connectivity index (χ0) is 13.8. The van der Waals surface area contributed by atoms with E-state index < -0.39 is 5.91 Å². The predicted molar refractivity (Wildman–Crippen MR) is 75.1 cm³/mol. The summed E-state index contributed by atoms with van der Waals surface area (Å²) in [5.41, 5.74) is 5.99. The molecule has 0 aromatic heterocycles. The minimum atomic E-state index is -0.583. The lowest BCUT2D eigenvalue weighted by molar-refractivity contribution is -0.120. The van der Waals surface area contributed by atoms with Crippen molar-refractivity contribution in [3.8, 4) is 0 Å². The Labute approximate surface area is 116 Å². The Balaban J connectivity index is 2.07. The summed E-state index contributed by atoms with van der Waals surface area (Å²) in [5, 5.41) is 3.05. The second kappa shape index (κ2) is 5.89. The van der Waals surface area contributed by atoms with Crippen molar-refractivity contribution in [2.45, 2.75) is 19.3 Å². The number of anilines is 1. The van der Waals surface area contributed by atoms with Crippen molar-refractivity contribution < 1.29 is 9.59 Å². The summed E-state index contributed by atoms with van der Waals surface area (Å²) in [6.45, 7) is 0. The Morgan fingerprint density at radius 3 is 2.68 bits per heavy atom. The molecule has 0 saturated heterocycles. The summed E-state index contributed by atoms with van der Waals surface area (Å²) in [5.74, 6) is -0.605. The highest BCUT2D eigenvalue weighted by molar-refractivity contribution is 6.34. The molecule has 0 heterocycles. The standard InChI is InChI=1S/C14H15ClN2O2/c15-12-8-10(6-7-11(12)13(16)18)17-14(19)9-4-2-1-3-5-9/h1-2,6-9H,3-5H2,(H2,16,18)(H,17,19)/t9-/m0/s1. The largest absolute Gasteiger partial charge is 0.366 e. The molecule has 0 spiro atoms. The first kappa shape index (κ1) is 13.6. The third-order valence-electron chi connectivity index (χ3n) is 3.14. The summed E-state index contributed by atoms with van der Waals surface area (Å²) < 4.78 is 0. The number of primary amides is 1. The van der Waals surface area contributed by atoms with Gasteiger partial charge in [-0.3, -0.25) is 9.59 Å². The van der Waals surface area contributed by atoms with E-state index in [1.807, 2.05) is 6.08 Å². The molecule has 19 heavy (non-hydrogen) atoms. The molecule has 3 N–H and O–H groups in total. The van der Waals surface area contributed by atoms with Gasteiger partial charge in [-0.15, -0.1) is 0 Å². The number of nitrogens with two attached hydrogens (primary N) is 1. The minimum absolute atomic E-state index is 0.000377. The molecule has 2 rings (SSSR count). The van der Waals surface area contributed by atoms with Crippen LogP contribution in [0.3, 0.4) is 0 Å². The van der Waals surface area contributed by atoms with Crippen molar-refractivity contribution in [3.63, 3.8) is 0 Å². The molecular formula is C14H15ClN2O2. The van der Waals surface area contributed by atoms with Gasteiger partial charge in [0.15, 0.2) is 0 Å². The van der Waals surface area contributed by atoms with Crippen molar-refractivity contribution in [1.82, 2.24) is 0 Å². The first-order valence-corrected chi connectivity index (χ1v) is 6.51. The molecule has 1 aliphatic rings. The number of carbonyl (C=O) groups is 2. The number of allylic oxidation sites excluding steroid dienone is 2. The summed E-state index contributed by atoms with van der Waals surface area (Å²) in [6, 6.07) is 4.68. The normalized spacial score (nSPS) is 18.1. The van der Waals surface area contributed by atoms with Crippen LogP contribution in [-0.2, 0) is 4.79 Å². The highest BCUT2D eigenvalue weighted by Crippen LogP contribution is 2.23. The van der Waals surface area contributed by atoms with Crippen molar-refractivity contribution in [3.05, 3.63) is 40.9 Å². The van der Waals surface area contributed by atoms with Crippen LogP contribution >= 0.6 is 11.6 Å². The van der Waals surface area contributed by atoms with Gasteiger partial charge in [0.05, 0.1) is 10.6 Å². The molecule has 0 bridgehead atoms. The Morgan fingerprint density at radius 1 is 1.32 bits per heavy atom. The molecule has 0 fully saturated rings. The number of rotatable bonds is 3. The van der Waals surface area contributed by atoms with Gasteiger partial charge in [-0.05, 0) is 37.5 Å². The molecule has 0 unspecified atom stereocenters. The molecule has 0 saturated carbocycles. The smallest absolute Gasteiger partial charge is 0.250 e. The van der Waals surface area contributed by atoms with E-state index in [0.29, 0.717) is 5.69 Å². The lowest BCUT2D eigenvalue weighted by atomic mass is 9.93. The van der Waals surface area contributed by atoms with Gasteiger partial charge in [-0.1, -0.05) is 23.8 Å². The average molecular weight is 279 g/mol. The van der Waals surface area contributed by atoms with Crippen LogP contribution in [0.1, 0.15) is 29.6 Å². The zero-order valence-corrected chi connectivity index (χ0v) is 11.1. The van der Waals surface area contributed by atoms with E-state index >= 15 is 0 Å². The van der Waals surface area contributed by atoms with Crippen molar-refractivity contribution in [2.75, 3.05) is 5.32 Å². The lowest BCUT2D eigenvalue weighted by Crippen LogP contribution is -2.23. The van der Waals surface area contributed by atoms with E-state index in [1.54, 1.807) is 6.07 Å². The van der Waals surface area contributed by atoms with Gasteiger partial charge in [0, 0.05) is 11.6 Å². The number of hydrogen-bond donors (Lipinski definition) is 2. The number of nitrogens with one attached hydrogen (secondary N) is 1. The molecule has 1 aliphatic carbocycles. The number of hydrogen-bond acceptors (Lipinski definition) is 2. The topological polar surface area (TPSA) is 72.2 Å². The summed E-state index contributed by atoms with van der Waals surface area (Å²) in [6.07, 6.45) is 6.66. The molecule has 0 aliphatic heterocycles. The van der Waals surface area contributed by atoms with Gasteiger partial charge < -0.3 is 11.1 Å². The van der Waals surface area contributed by atoms with Gasteiger partial charge in [0.2, 0.25) is 11.8 Å². The molecule has 100 valence electrons. The second-order valence-electron chi connectivity index (χ2n) is 4.53. The van der Waals surface area contributed by atoms with E-state index in [1.165, 1.54) is 12.1 Å². The van der Waals surface area contributed by atoms with Crippen molar-refractivity contribution in [1.29, 1.82) is 0 Å². The Kier molecular flexibility index (Phi) is 4.22. The third kappa shape index (κ3) is 3.35. The predicted octanol–water partition coefficient (Wildman–Crippen LogP) is 2.73. The molecule has 2 amide bonds. The maximum absolute atomic E-state index is 12.0. The third-order valence-corrected chi connectivity index (χ3v) is 3.45. The first-order chi connectivity index (χ1) is 9.08. The highest BCUT2D eigenvalue weighted by Gasteiger charge is 2.19. The molecule has 1 aromatic rings. The molecule has 1 atom stereocenters. The summed E-state index contributed by atoms with van der Waals surface area (Å²) in [7, 11) is 0. The van der Waals surface area contributed by atoms with E-state index in [9.17, 15) is 9.59 Å². The molecule has 5 heteroatoms. The number of carbonyl (C=O) groups excluding carboxylic acids is 2. The van der Waals surface area contributed by atoms with E-state index in [0.717, 1.165) is 19.3 Å². The lowest BCUT2D eigenvalue weighted by Gasteiger charge is -2.17. The zero-order valence-electron chi connectivity index (χ0n) is 10.4. The maximum atomic E-state index is 12.0. The van der Waals surface area contributed by atoms with Crippen LogP contribution < -0.4 is 11.1 Å². The van der Waals surface area contributed by atoms with Crippen LogP contribution in [0.4, 0.5) is 5.69 Å².